The van der Waals surface area contributed by atoms with Gasteiger partial charge in [0, 0.05) is 6.42 Å². The number of hydrogen-bond acceptors (Lipinski definition) is 3. The molecule has 0 radical (unpaired) electrons. The molecule has 1 saturated carbocycles. The van der Waals surface area contributed by atoms with Crippen LogP contribution in [-0.4, -0.2) is 23.8 Å². The lowest BCUT2D eigenvalue weighted by Gasteiger charge is -2.26. The van der Waals surface area contributed by atoms with Crippen molar-refractivity contribution < 1.29 is 14.6 Å². The molecule has 1 N–H and O–H groups in total. The Hall–Kier alpha value is -0.570. The summed E-state index contributed by atoms with van der Waals surface area (Å²) >= 11 is 0. The molecule has 0 bridgehead atoms. The summed E-state index contributed by atoms with van der Waals surface area (Å²) in [6.45, 7) is 2.59. The largest absolute Gasteiger partial charge is 0.466 e. The van der Waals surface area contributed by atoms with Crippen LogP contribution in [0.1, 0.15) is 64.7 Å². The van der Waals surface area contributed by atoms with Crippen LogP contribution in [0.25, 0.3) is 0 Å². The number of aliphatic hydroxyl groups excluding tert-OH is 1. The maximum Gasteiger partial charge on any atom is 0.305 e. The van der Waals surface area contributed by atoms with Crippen molar-refractivity contribution >= 4 is 5.97 Å². The average molecular weight is 242 g/mol. The molecule has 1 aliphatic rings. The van der Waals surface area contributed by atoms with E-state index in [1.165, 1.54) is 19.3 Å². The molecule has 17 heavy (non-hydrogen) atoms. The Bertz CT molecular complexity index is 210. The van der Waals surface area contributed by atoms with Crippen LogP contribution in [0.15, 0.2) is 0 Å². The highest BCUT2D eigenvalue weighted by Gasteiger charge is 2.22. The summed E-state index contributed by atoms with van der Waals surface area (Å²) in [6.07, 6.45) is 8.56. The second-order valence-corrected chi connectivity index (χ2v) is 5.08. The number of unbranched alkanes of at least 4 members (excludes halogenated alkanes) is 1. The van der Waals surface area contributed by atoms with Gasteiger partial charge in [0.05, 0.1) is 12.7 Å². The van der Waals surface area contributed by atoms with E-state index in [2.05, 4.69) is 6.92 Å². The van der Waals surface area contributed by atoms with Crippen molar-refractivity contribution in [3.8, 4) is 0 Å². The molecule has 0 aromatic rings. The van der Waals surface area contributed by atoms with E-state index < -0.39 is 0 Å². The number of esters is 1. The van der Waals surface area contributed by atoms with Crippen LogP contribution in [0, 0.1) is 5.92 Å². The van der Waals surface area contributed by atoms with Crippen LogP contribution in [-0.2, 0) is 9.53 Å². The lowest BCUT2D eigenvalue weighted by molar-refractivity contribution is -0.144. The van der Waals surface area contributed by atoms with Gasteiger partial charge in [0.1, 0.15) is 0 Å². The fourth-order valence-corrected chi connectivity index (χ4v) is 2.42. The van der Waals surface area contributed by atoms with Gasteiger partial charge in [-0.3, -0.25) is 4.79 Å². The Balaban J connectivity index is 2.09. The number of ether oxygens (including phenoxy) is 1. The second-order valence-electron chi connectivity index (χ2n) is 5.08. The minimum Gasteiger partial charge on any atom is -0.466 e. The zero-order valence-electron chi connectivity index (χ0n) is 11.0. The van der Waals surface area contributed by atoms with Crippen molar-refractivity contribution in [2.75, 3.05) is 6.61 Å². The van der Waals surface area contributed by atoms with Gasteiger partial charge in [0.2, 0.25) is 0 Å². The molecule has 1 unspecified atom stereocenters. The first-order chi connectivity index (χ1) is 8.24. The van der Waals surface area contributed by atoms with Crippen molar-refractivity contribution in [2.24, 2.45) is 5.92 Å². The third kappa shape index (κ3) is 6.06. The predicted octanol–water partition coefficient (Wildman–Crippen LogP) is 3.05. The molecule has 100 valence electrons. The normalized spacial score (nSPS) is 18.9. The molecule has 3 nitrogen and oxygen atoms in total. The number of carbonyl (C=O) groups excluding carboxylic acids is 1. The summed E-state index contributed by atoms with van der Waals surface area (Å²) < 4.78 is 5.07. The maximum absolute atomic E-state index is 11.4. The first-order valence-electron chi connectivity index (χ1n) is 7.07. The van der Waals surface area contributed by atoms with E-state index >= 15 is 0 Å². The minimum absolute atomic E-state index is 0.159. The maximum atomic E-state index is 11.4. The van der Waals surface area contributed by atoms with Crippen LogP contribution in [0.4, 0.5) is 0 Å². The monoisotopic (exact) mass is 242 g/mol. The summed E-state index contributed by atoms with van der Waals surface area (Å²) in [5, 5.41) is 9.99. The molecule has 0 saturated heterocycles. The van der Waals surface area contributed by atoms with Crippen LogP contribution in [0.5, 0.6) is 0 Å². The van der Waals surface area contributed by atoms with E-state index in [0.717, 1.165) is 25.7 Å². The summed E-state index contributed by atoms with van der Waals surface area (Å²) in [6, 6.07) is 0. The van der Waals surface area contributed by atoms with E-state index in [1.54, 1.807) is 0 Å². The molecule has 0 aromatic carbocycles. The molecular formula is C14H26O3. The molecule has 1 fully saturated rings. The molecule has 0 aliphatic heterocycles. The summed E-state index contributed by atoms with van der Waals surface area (Å²) in [5.74, 6) is 0.250. The van der Waals surface area contributed by atoms with Gasteiger partial charge < -0.3 is 9.84 Å². The molecule has 3 heteroatoms. The van der Waals surface area contributed by atoms with Crippen LogP contribution in [0.2, 0.25) is 0 Å². The molecular weight excluding hydrogens is 216 g/mol. The van der Waals surface area contributed by atoms with E-state index in [0.29, 0.717) is 25.4 Å². The minimum atomic E-state index is -0.311. The highest BCUT2D eigenvalue weighted by molar-refractivity contribution is 5.69. The van der Waals surface area contributed by atoms with Gasteiger partial charge >= 0.3 is 5.97 Å². The fraction of sp³-hybridized carbons (Fsp3) is 0.929. The highest BCUT2D eigenvalue weighted by atomic mass is 16.5. The Kier molecular flexibility index (Phi) is 7.25. The molecule has 1 aliphatic carbocycles. The second kappa shape index (κ2) is 8.51. The molecule has 1 rings (SSSR count). The van der Waals surface area contributed by atoms with Gasteiger partial charge in [0.25, 0.3) is 0 Å². The molecule has 0 aromatic heterocycles. The lowest BCUT2D eigenvalue weighted by Crippen LogP contribution is -2.24. The Morgan fingerprint density at radius 3 is 2.71 bits per heavy atom. The van der Waals surface area contributed by atoms with E-state index in [9.17, 15) is 9.90 Å². The summed E-state index contributed by atoms with van der Waals surface area (Å²) in [5.41, 5.74) is 0. The Morgan fingerprint density at radius 1 is 1.35 bits per heavy atom. The van der Waals surface area contributed by atoms with Gasteiger partial charge in [-0.2, -0.15) is 0 Å². The average Bonchev–Trinajstić information content (AvgIpc) is 2.37. The molecule has 0 heterocycles. The predicted molar refractivity (Wildman–Crippen MR) is 67.7 cm³/mol. The Labute approximate surface area is 105 Å². The van der Waals surface area contributed by atoms with Gasteiger partial charge in [0.15, 0.2) is 0 Å². The fourth-order valence-electron chi connectivity index (χ4n) is 2.42. The summed E-state index contributed by atoms with van der Waals surface area (Å²) in [4.78, 5) is 11.4. The van der Waals surface area contributed by atoms with Gasteiger partial charge in [-0.05, 0) is 31.6 Å². The quantitative estimate of drug-likeness (QED) is 0.551. The number of rotatable bonds is 7. The van der Waals surface area contributed by atoms with Gasteiger partial charge in [-0.25, -0.2) is 0 Å². The zero-order valence-corrected chi connectivity index (χ0v) is 11.0. The van der Waals surface area contributed by atoms with Crippen LogP contribution >= 0.6 is 0 Å². The lowest BCUT2D eigenvalue weighted by atomic mass is 9.84. The van der Waals surface area contributed by atoms with Gasteiger partial charge in [-0.1, -0.05) is 32.6 Å². The standard InChI is InChI=1S/C14H26O3/c1-2-3-11-17-14(16)10-9-13(15)12-7-5-4-6-8-12/h12-13,15H,2-11H2,1H3. The Morgan fingerprint density at radius 2 is 2.06 bits per heavy atom. The van der Waals surface area contributed by atoms with Crippen molar-refractivity contribution in [1.82, 2.24) is 0 Å². The first kappa shape index (κ1) is 14.5. The van der Waals surface area contributed by atoms with Crippen molar-refractivity contribution in [2.45, 2.75) is 70.8 Å². The summed E-state index contributed by atoms with van der Waals surface area (Å²) in [7, 11) is 0. The van der Waals surface area contributed by atoms with Crippen molar-refractivity contribution in [3.63, 3.8) is 0 Å². The smallest absolute Gasteiger partial charge is 0.305 e. The number of aliphatic hydroxyl groups is 1. The molecule has 0 amide bonds. The third-order valence-corrected chi connectivity index (χ3v) is 3.60. The van der Waals surface area contributed by atoms with Gasteiger partial charge in [-0.15, -0.1) is 0 Å². The van der Waals surface area contributed by atoms with E-state index in [4.69, 9.17) is 4.74 Å². The third-order valence-electron chi connectivity index (χ3n) is 3.60. The first-order valence-corrected chi connectivity index (χ1v) is 7.07. The van der Waals surface area contributed by atoms with E-state index in [-0.39, 0.29) is 12.1 Å². The number of hydrogen-bond donors (Lipinski definition) is 1. The SMILES string of the molecule is CCCCOC(=O)CCC(O)C1CCCCC1. The highest BCUT2D eigenvalue weighted by Crippen LogP contribution is 2.28. The van der Waals surface area contributed by atoms with E-state index in [1.807, 2.05) is 0 Å². The van der Waals surface area contributed by atoms with Crippen molar-refractivity contribution in [3.05, 3.63) is 0 Å². The topological polar surface area (TPSA) is 46.5 Å². The molecule has 1 atom stereocenters. The van der Waals surface area contributed by atoms with Crippen LogP contribution < -0.4 is 0 Å². The van der Waals surface area contributed by atoms with Crippen LogP contribution in [0.3, 0.4) is 0 Å². The van der Waals surface area contributed by atoms with Crippen molar-refractivity contribution in [1.29, 1.82) is 0 Å². The zero-order chi connectivity index (χ0) is 12.5. The number of carbonyl (C=O) groups is 1. The molecule has 0 spiro atoms.